The van der Waals surface area contributed by atoms with Crippen molar-refractivity contribution < 1.29 is 9.90 Å². The third-order valence-corrected chi connectivity index (χ3v) is 2.72. The van der Waals surface area contributed by atoms with Gasteiger partial charge in [0.2, 0.25) is 5.78 Å². The molecule has 2 rings (SSSR count). The van der Waals surface area contributed by atoms with Crippen LogP contribution in [0, 0.1) is 23.2 Å². The molecule has 0 atom stereocenters. The van der Waals surface area contributed by atoms with Crippen LogP contribution in [0.4, 0.5) is 0 Å². The summed E-state index contributed by atoms with van der Waals surface area (Å²) in [5, 5.41) is 18.7. The Balaban J connectivity index is 2.27. The van der Waals surface area contributed by atoms with Gasteiger partial charge in [-0.25, -0.2) is 0 Å². The number of rotatable bonds is 2. The molecule has 0 heterocycles. The Morgan fingerprint density at radius 3 is 2.38 bits per heavy atom. The molecular weight excluding hydrogens is 262 g/mol. The molecule has 2 aromatic rings. The third kappa shape index (κ3) is 3.59. The second kappa shape index (κ2) is 6.75. The Kier molecular flexibility index (Phi) is 4.54. The van der Waals surface area contributed by atoms with Crippen LogP contribution in [0.1, 0.15) is 15.9 Å². The molecule has 3 nitrogen and oxygen atoms in total. The number of hydrogen-bond acceptors (Lipinski definition) is 3. The van der Waals surface area contributed by atoms with E-state index >= 15 is 0 Å². The predicted molar refractivity (Wildman–Crippen MR) is 79.5 cm³/mol. The number of nitriles is 1. The molecule has 0 spiro atoms. The van der Waals surface area contributed by atoms with Crippen molar-refractivity contribution in [1.82, 2.24) is 0 Å². The summed E-state index contributed by atoms with van der Waals surface area (Å²) in [4.78, 5) is 12.1. The van der Waals surface area contributed by atoms with Crippen molar-refractivity contribution >= 4 is 5.78 Å². The van der Waals surface area contributed by atoms with Crippen LogP contribution in [0.25, 0.3) is 0 Å². The lowest BCUT2D eigenvalue weighted by atomic mass is 10.0. The van der Waals surface area contributed by atoms with Crippen molar-refractivity contribution in [3.8, 4) is 23.7 Å². The average molecular weight is 273 g/mol. The van der Waals surface area contributed by atoms with Crippen molar-refractivity contribution in [2.75, 3.05) is 0 Å². The molecule has 0 unspecified atom stereocenters. The molecular formula is C18H11NO2. The van der Waals surface area contributed by atoms with Crippen molar-refractivity contribution in [3.05, 3.63) is 77.4 Å². The van der Waals surface area contributed by atoms with Crippen molar-refractivity contribution in [3.63, 3.8) is 0 Å². The van der Waals surface area contributed by atoms with Gasteiger partial charge < -0.3 is 5.11 Å². The highest BCUT2D eigenvalue weighted by molar-refractivity contribution is 6.13. The van der Waals surface area contributed by atoms with E-state index in [4.69, 9.17) is 5.26 Å². The van der Waals surface area contributed by atoms with Gasteiger partial charge in [-0.15, -0.1) is 0 Å². The first kappa shape index (κ1) is 14.1. The van der Waals surface area contributed by atoms with Gasteiger partial charge in [0, 0.05) is 11.6 Å². The number of aromatic hydroxyl groups is 1. The minimum atomic E-state index is -0.544. The summed E-state index contributed by atoms with van der Waals surface area (Å²) in [7, 11) is 0. The summed E-state index contributed by atoms with van der Waals surface area (Å²) in [5.41, 5.74) is 0.771. The lowest BCUT2D eigenvalue weighted by Crippen LogP contribution is -2.01. The van der Waals surface area contributed by atoms with Gasteiger partial charge in [0.05, 0.1) is 5.56 Å². The van der Waals surface area contributed by atoms with Crippen molar-refractivity contribution in [2.24, 2.45) is 0 Å². The number of carbonyl (C=O) groups is 1. The molecule has 0 amide bonds. The first-order valence-corrected chi connectivity index (χ1v) is 6.22. The summed E-state index contributed by atoms with van der Waals surface area (Å²) < 4.78 is 0. The van der Waals surface area contributed by atoms with E-state index in [9.17, 15) is 9.90 Å². The molecule has 2 aromatic carbocycles. The van der Waals surface area contributed by atoms with E-state index in [1.54, 1.807) is 12.1 Å². The van der Waals surface area contributed by atoms with Crippen LogP contribution >= 0.6 is 0 Å². The first-order valence-electron chi connectivity index (χ1n) is 6.22. The monoisotopic (exact) mass is 273 g/mol. The van der Waals surface area contributed by atoms with Gasteiger partial charge in [0.25, 0.3) is 0 Å². The second-order valence-corrected chi connectivity index (χ2v) is 4.15. The maximum atomic E-state index is 12.1. The number of carbonyl (C=O) groups excluding carboxylic acids is 1. The Hall–Kier alpha value is -3.30. The zero-order valence-electron chi connectivity index (χ0n) is 11.1. The van der Waals surface area contributed by atoms with E-state index in [2.05, 4.69) is 11.8 Å². The second-order valence-electron chi connectivity index (χ2n) is 4.15. The fourth-order valence-electron chi connectivity index (χ4n) is 1.67. The minimum absolute atomic E-state index is 0.0896. The van der Waals surface area contributed by atoms with Gasteiger partial charge in [-0.05, 0) is 24.3 Å². The topological polar surface area (TPSA) is 61.1 Å². The fourth-order valence-corrected chi connectivity index (χ4v) is 1.67. The van der Waals surface area contributed by atoms with Crippen LogP contribution in [-0.4, -0.2) is 10.9 Å². The van der Waals surface area contributed by atoms with Gasteiger partial charge >= 0.3 is 0 Å². The Morgan fingerprint density at radius 1 is 1.05 bits per heavy atom. The highest BCUT2D eigenvalue weighted by Gasteiger charge is 2.14. The quantitative estimate of drug-likeness (QED) is 0.396. The molecule has 0 fully saturated rings. The molecule has 100 valence electrons. The van der Waals surface area contributed by atoms with Crippen LogP contribution in [0.3, 0.4) is 0 Å². The standard InChI is InChI=1S/C18H11NO2/c19-13-15(10-6-9-14-7-2-1-3-8-14)18(21)16-11-4-5-12-17(16)20/h1-5,7-8,10-12,20H/b15-10+. The summed E-state index contributed by atoms with van der Waals surface area (Å²) >= 11 is 0. The van der Waals surface area contributed by atoms with Gasteiger partial charge in [0.1, 0.15) is 17.4 Å². The number of Topliss-reactive ketones (excluding diaryl/α,β-unsaturated/α-hetero) is 1. The number of benzene rings is 2. The van der Waals surface area contributed by atoms with E-state index < -0.39 is 5.78 Å². The normalized spacial score (nSPS) is 10.1. The van der Waals surface area contributed by atoms with E-state index in [0.717, 1.165) is 5.56 Å². The highest BCUT2D eigenvalue weighted by Crippen LogP contribution is 2.19. The number of phenolic OH excluding ortho intramolecular Hbond substituents is 1. The molecule has 0 aliphatic carbocycles. The van der Waals surface area contributed by atoms with E-state index in [1.807, 2.05) is 36.4 Å². The summed E-state index contributed by atoms with van der Waals surface area (Å²) in [6.07, 6.45) is 1.27. The van der Waals surface area contributed by atoms with Crippen LogP contribution in [0.15, 0.2) is 66.2 Å². The zero-order chi connectivity index (χ0) is 15.1. The van der Waals surface area contributed by atoms with Gasteiger partial charge in [-0.1, -0.05) is 42.2 Å². The van der Waals surface area contributed by atoms with Crippen LogP contribution in [0.2, 0.25) is 0 Å². The summed E-state index contributed by atoms with van der Waals surface area (Å²) in [6, 6.07) is 17.2. The number of hydrogen-bond donors (Lipinski definition) is 1. The summed E-state index contributed by atoms with van der Waals surface area (Å²) in [6.45, 7) is 0. The zero-order valence-corrected chi connectivity index (χ0v) is 11.1. The molecule has 0 aliphatic rings. The molecule has 21 heavy (non-hydrogen) atoms. The predicted octanol–water partition coefficient (Wildman–Crippen LogP) is 3.08. The molecule has 0 aliphatic heterocycles. The van der Waals surface area contributed by atoms with Crippen molar-refractivity contribution in [1.29, 1.82) is 5.26 Å². The molecule has 0 radical (unpaired) electrons. The van der Waals surface area contributed by atoms with Crippen LogP contribution < -0.4 is 0 Å². The van der Waals surface area contributed by atoms with Crippen LogP contribution in [0.5, 0.6) is 5.75 Å². The van der Waals surface area contributed by atoms with Crippen LogP contribution in [-0.2, 0) is 0 Å². The molecule has 0 saturated heterocycles. The number of allylic oxidation sites excluding steroid dienone is 2. The molecule has 0 aromatic heterocycles. The van der Waals surface area contributed by atoms with E-state index in [0.29, 0.717) is 0 Å². The maximum Gasteiger partial charge on any atom is 0.207 e. The smallest absolute Gasteiger partial charge is 0.207 e. The minimum Gasteiger partial charge on any atom is -0.507 e. The Labute approximate surface area is 122 Å². The first-order chi connectivity index (χ1) is 10.2. The molecule has 0 bridgehead atoms. The summed E-state index contributed by atoms with van der Waals surface area (Å²) in [5.74, 6) is 4.83. The number of ketones is 1. The Morgan fingerprint density at radius 2 is 1.71 bits per heavy atom. The highest BCUT2D eigenvalue weighted by atomic mass is 16.3. The van der Waals surface area contributed by atoms with E-state index in [-0.39, 0.29) is 16.9 Å². The number of nitrogens with zero attached hydrogens (tertiary/aromatic N) is 1. The SMILES string of the molecule is N#C/C(=C\C#Cc1ccccc1)C(=O)c1ccccc1O. The maximum absolute atomic E-state index is 12.1. The molecule has 0 saturated carbocycles. The largest absolute Gasteiger partial charge is 0.507 e. The lowest BCUT2D eigenvalue weighted by Gasteiger charge is -2.00. The average Bonchev–Trinajstić information content (AvgIpc) is 2.52. The third-order valence-electron chi connectivity index (χ3n) is 2.72. The lowest BCUT2D eigenvalue weighted by molar-refractivity contribution is 0.103. The van der Waals surface area contributed by atoms with Gasteiger partial charge in [-0.3, -0.25) is 4.79 Å². The molecule has 3 heteroatoms. The molecule has 1 N–H and O–H groups in total. The number of phenols is 1. The van der Waals surface area contributed by atoms with Gasteiger partial charge in [-0.2, -0.15) is 5.26 Å². The Bertz CT molecular complexity index is 787. The number of para-hydroxylation sites is 1. The fraction of sp³-hybridized carbons (Fsp3) is 0. The van der Waals surface area contributed by atoms with E-state index in [1.165, 1.54) is 18.2 Å². The van der Waals surface area contributed by atoms with Crippen molar-refractivity contribution in [2.45, 2.75) is 0 Å². The van der Waals surface area contributed by atoms with Gasteiger partial charge in [0.15, 0.2) is 0 Å².